The molecule has 0 aliphatic carbocycles. The van der Waals surface area contributed by atoms with Gasteiger partial charge in [0.15, 0.2) is 0 Å². The summed E-state index contributed by atoms with van der Waals surface area (Å²) in [5, 5.41) is 0.508. The standard InChI is InChI=1S/C22H23N5O5/c23-8-2-1-3-15(18(25)28)27-21(31)13-6-4-11-16-12(5-7-14(17(13)16)22(27)32)20(30)26(10-9-24)19(11)29/h4-7,15H,1-3,8-10,23-24H2,(H2,25,28)/t15-/m0/s1. The van der Waals surface area contributed by atoms with Crippen LogP contribution in [-0.4, -0.2) is 65.0 Å². The van der Waals surface area contributed by atoms with Gasteiger partial charge in [-0.3, -0.25) is 33.8 Å². The fourth-order valence-corrected chi connectivity index (χ4v) is 4.44. The zero-order chi connectivity index (χ0) is 23.2. The second-order valence-corrected chi connectivity index (χ2v) is 7.80. The number of carbonyl (C=O) groups excluding carboxylic acids is 5. The van der Waals surface area contributed by atoms with Gasteiger partial charge in [-0.2, -0.15) is 0 Å². The average molecular weight is 437 g/mol. The molecule has 166 valence electrons. The van der Waals surface area contributed by atoms with Crippen LogP contribution in [0.3, 0.4) is 0 Å². The molecule has 0 unspecified atom stereocenters. The second-order valence-electron chi connectivity index (χ2n) is 7.80. The van der Waals surface area contributed by atoms with Crippen LogP contribution in [0.25, 0.3) is 10.8 Å². The first kappa shape index (κ1) is 21.6. The van der Waals surface area contributed by atoms with Crippen molar-refractivity contribution < 1.29 is 24.0 Å². The van der Waals surface area contributed by atoms with Crippen molar-refractivity contribution in [3.8, 4) is 0 Å². The number of rotatable bonds is 8. The summed E-state index contributed by atoms with van der Waals surface area (Å²) in [5.74, 6) is -3.23. The molecule has 0 radical (unpaired) electrons. The second kappa shape index (κ2) is 8.13. The van der Waals surface area contributed by atoms with Gasteiger partial charge >= 0.3 is 0 Å². The van der Waals surface area contributed by atoms with Crippen molar-refractivity contribution in [3.05, 3.63) is 46.5 Å². The zero-order valence-electron chi connectivity index (χ0n) is 17.3. The van der Waals surface area contributed by atoms with Crippen LogP contribution in [0, 0.1) is 0 Å². The molecule has 0 saturated heterocycles. The first-order valence-electron chi connectivity index (χ1n) is 10.4. The van der Waals surface area contributed by atoms with Crippen LogP contribution in [0.15, 0.2) is 24.3 Å². The van der Waals surface area contributed by atoms with E-state index in [0.717, 1.165) is 9.80 Å². The van der Waals surface area contributed by atoms with E-state index in [9.17, 15) is 24.0 Å². The molecular formula is C22H23N5O5. The third kappa shape index (κ3) is 3.07. The molecule has 2 aromatic carbocycles. The molecule has 2 heterocycles. The highest BCUT2D eigenvalue weighted by molar-refractivity contribution is 6.33. The maximum absolute atomic E-state index is 13.3. The summed E-state index contributed by atoms with van der Waals surface area (Å²) in [5.41, 5.74) is 17.3. The number of hydrogen-bond donors (Lipinski definition) is 3. The van der Waals surface area contributed by atoms with Crippen LogP contribution < -0.4 is 17.2 Å². The lowest BCUT2D eigenvalue weighted by atomic mass is 9.85. The largest absolute Gasteiger partial charge is 0.368 e. The van der Waals surface area contributed by atoms with Crippen molar-refractivity contribution >= 4 is 40.3 Å². The monoisotopic (exact) mass is 437 g/mol. The molecule has 1 atom stereocenters. The molecule has 0 fully saturated rings. The van der Waals surface area contributed by atoms with Crippen LogP contribution in [-0.2, 0) is 4.79 Å². The van der Waals surface area contributed by atoms with Crippen molar-refractivity contribution in [3.63, 3.8) is 0 Å². The van der Waals surface area contributed by atoms with Gasteiger partial charge in [0, 0.05) is 46.1 Å². The summed E-state index contributed by atoms with van der Waals surface area (Å²) >= 11 is 0. The minimum absolute atomic E-state index is 0.0524. The molecule has 4 rings (SSSR count). The summed E-state index contributed by atoms with van der Waals surface area (Å²) in [6, 6.07) is 4.68. The predicted octanol–water partition coefficient (Wildman–Crippen LogP) is -0.0266. The number of nitrogens with zero attached hydrogens (tertiary/aromatic N) is 2. The number of hydrogen-bond acceptors (Lipinski definition) is 7. The molecule has 0 bridgehead atoms. The number of primary amides is 1. The molecule has 0 spiro atoms. The molecule has 0 saturated carbocycles. The SMILES string of the molecule is NCCCC[C@@H](C(N)=O)N1C(=O)c2ccc3c4c(ccc(c24)C1=O)C(=O)N(CCN)C3=O. The first-order chi connectivity index (χ1) is 15.3. The van der Waals surface area contributed by atoms with E-state index in [2.05, 4.69) is 0 Å². The van der Waals surface area contributed by atoms with Gasteiger partial charge in [0.1, 0.15) is 6.04 Å². The average Bonchev–Trinajstić information content (AvgIpc) is 2.77. The summed E-state index contributed by atoms with van der Waals surface area (Å²) in [4.78, 5) is 66.5. The highest BCUT2D eigenvalue weighted by Gasteiger charge is 2.42. The number of unbranched alkanes of at least 4 members (excludes halogenated alkanes) is 1. The van der Waals surface area contributed by atoms with Crippen molar-refractivity contribution in [2.75, 3.05) is 19.6 Å². The summed E-state index contributed by atoms with van der Waals surface area (Å²) in [7, 11) is 0. The Labute approximate surface area is 183 Å². The minimum Gasteiger partial charge on any atom is -0.368 e. The molecule has 5 amide bonds. The van der Waals surface area contributed by atoms with Crippen LogP contribution in [0.2, 0.25) is 0 Å². The lowest BCUT2D eigenvalue weighted by molar-refractivity contribution is -0.122. The van der Waals surface area contributed by atoms with Gasteiger partial charge in [0.05, 0.1) is 0 Å². The summed E-state index contributed by atoms with van der Waals surface area (Å²) < 4.78 is 0. The van der Waals surface area contributed by atoms with E-state index in [1.807, 2.05) is 0 Å². The Morgan fingerprint density at radius 1 is 0.750 bits per heavy atom. The predicted molar refractivity (Wildman–Crippen MR) is 115 cm³/mol. The van der Waals surface area contributed by atoms with Crippen LogP contribution in [0.1, 0.15) is 60.7 Å². The maximum Gasteiger partial charge on any atom is 0.262 e. The Morgan fingerprint density at radius 2 is 1.22 bits per heavy atom. The van der Waals surface area contributed by atoms with E-state index in [0.29, 0.717) is 19.4 Å². The van der Waals surface area contributed by atoms with Gasteiger partial charge in [-0.25, -0.2) is 0 Å². The van der Waals surface area contributed by atoms with Crippen molar-refractivity contribution in [1.82, 2.24) is 9.80 Å². The van der Waals surface area contributed by atoms with Crippen LogP contribution in [0.5, 0.6) is 0 Å². The fraction of sp³-hybridized carbons (Fsp3) is 0.318. The van der Waals surface area contributed by atoms with Crippen molar-refractivity contribution in [2.24, 2.45) is 17.2 Å². The first-order valence-corrected chi connectivity index (χ1v) is 10.4. The third-order valence-electron chi connectivity index (χ3n) is 5.93. The Hall–Kier alpha value is -3.63. The van der Waals surface area contributed by atoms with Gasteiger partial charge in [-0.05, 0) is 50.1 Å². The Balaban J connectivity index is 1.87. The van der Waals surface area contributed by atoms with E-state index < -0.39 is 35.6 Å². The van der Waals surface area contributed by atoms with Gasteiger partial charge < -0.3 is 17.2 Å². The fourth-order valence-electron chi connectivity index (χ4n) is 4.44. The number of benzene rings is 2. The third-order valence-corrected chi connectivity index (χ3v) is 5.93. The van der Waals surface area contributed by atoms with Gasteiger partial charge in [-0.15, -0.1) is 0 Å². The number of imide groups is 2. The maximum atomic E-state index is 13.3. The van der Waals surface area contributed by atoms with Gasteiger partial charge in [0.2, 0.25) is 5.91 Å². The quantitative estimate of drug-likeness (QED) is 0.384. The van der Waals surface area contributed by atoms with E-state index in [4.69, 9.17) is 17.2 Å². The Kier molecular flexibility index (Phi) is 5.49. The lowest BCUT2D eigenvalue weighted by Gasteiger charge is -2.34. The van der Waals surface area contributed by atoms with E-state index in [1.54, 1.807) is 0 Å². The smallest absolute Gasteiger partial charge is 0.262 e. The molecule has 2 aliphatic heterocycles. The summed E-state index contributed by atoms with van der Waals surface area (Å²) in [6.07, 6.45) is 1.33. The van der Waals surface area contributed by atoms with Crippen molar-refractivity contribution in [1.29, 1.82) is 0 Å². The normalized spacial score (nSPS) is 16.2. The zero-order valence-corrected chi connectivity index (χ0v) is 17.3. The molecule has 6 N–H and O–H groups in total. The summed E-state index contributed by atoms with van der Waals surface area (Å²) in [6.45, 7) is 0.567. The van der Waals surface area contributed by atoms with E-state index in [-0.39, 0.29) is 52.5 Å². The van der Waals surface area contributed by atoms with Crippen LogP contribution >= 0.6 is 0 Å². The van der Waals surface area contributed by atoms with E-state index in [1.165, 1.54) is 24.3 Å². The van der Waals surface area contributed by atoms with Crippen molar-refractivity contribution in [2.45, 2.75) is 25.3 Å². The molecule has 2 aromatic rings. The highest BCUT2D eigenvalue weighted by Crippen LogP contribution is 2.38. The molecule has 10 nitrogen and oxygen atoms in total. The highest BCUT2D eigenvalue weighted by atomic mass is 16.2. The molecule has 2 aliphatic rings. The van der Waals surface area contributed by atoms with Gasteiger partial charge in [-0.1, -0.05) is 0 Å². The number of amides is 5. The molecule has 0 aromatic heterocycles. The Bertz CT molecular complexity index is 1120. The minimum atomic E-state index is -1.12. The topological polar surface area (TPSA) is 170 Å². The number of carbonyl (C=O) groups is 5. The van der Waals surface area contributed by atoms with Crippen LogP contribution in [0.4, 0.5) is 0 Å². The molecule has 10 heteroatoms. The molecular weight excluding hydrogens is 414 g/mol. The van der Waals surface area contributed by atoms with E-state index >= 15 is 0 Å². The molecule has 32 heavy (non-hydrogen) atoms. The van der Waals surface area contributed by atoms with Gasteiger partial charge in [0.25, 0.3) is 23.6 Å². The number of nitrogens with two attached hydrogens (primary N) is 3. The Morgan fingerprint density at radius 3 is 1.62 bits per heavy atom. The lowest BCUT2D eigenvalue weighted by Crippen LogP contribution is -2.53.